The first-order valence-corrected chi connectivity index (χ1v) is 9.79. The van der Waals surface area contributed by atoms with E-state index in [0.717, 1.165) is 49.0 Å². The lowest BCUT2D eigenvalue weighted by atomic mass is 9.49. The fraction of sp³-hybridized carbons (Fsp3) is 0.667. The minimum Gasteiger partial charge on any atom is -0.302 e. The Hall–Kier alpha value is -1.03. The Morgan fingerprint density at radius 1 is 1.18 bits per heavy atom. The van der Waals surface area contributed by atoms with Crippen molar-refractivity contribution in [2.45, 2.75) is 49.5 Å². The highest BCUT2D eigenvalue weighted by molar-refractivity contribution is 7.85. The molecule has 4 saturated carbocycles. The van der Waals surface area contributed by atoms with E-state index in [9.17, 15) is 9.00 Å². The van der Waals surface area contributed by atoms with Crippen molar-refractivity contribution < 1.29 is 9.00 Å². The van der Waals surface area contributed by atoms with Crippen molar-refractivity contribution >= 4 is 17.1 Å². The zero-order valence-corrected chi connectivity index (χ0v) is 13.6. The van der Waals surface area contributed by atoms with Gasteiger partial charge in [0.05, 0.1) is 16.7 Å². The molecule has 0 radical (unpaired) electrons. The Balaban J connectivity index is 1.56. The molecule has 0 spiro atoms. The predicted molar refractivity (Wildman–Crippen MR) is 86.5 cm³/mol. The Labute approximate surface area is 134 Å². The van der Waals surface area contributed by atoms with Gasteiger partial charge in [-0.3, -0.25) is 9.19 Å². The van der Waals surface area contributed by atoms with Crippen LogP contribution in [0.2, 0.25) is 0 Å². The number of hydrogen-bond donors (Lipinski definition) is 0. The van der Waals surface area contributed by atoms with Crippen LogP contribution in [0.5, 0.6) is 0 Å². The van der Waals surface area contributed by atoms with Crippen LogP contribution in [-0.2, 0) is 21.3 Å². The zero-order chi connectivity index (χ0) is 15.2. The lowest BCUT2D eigenvalue weighted by molar-refractivity contribution is -0.114. The van der Waals surface area contributed by atoms with Crippen LogP contribution in [0.1, 0.15) is 44.2 Å². The molecule has 22 heavy (non-hydrogen) atoms. The second-order valence-electron chi connectivity index (χ2n) is 7.68. The molecule has 3 nitrogen and oxygen atoms in total. The summed E-state index contributed by atoms with van der Waals surface area (Å²) >= 11 is 0. The topological polar surface area (TPSA) is 47.0 Å². The number of carbonyl (C=O) groups is 1. The van der Waals surface area contributed by atoms with Crippen LogP contribution in [0, 0.1) is 23.2 Å². The summed E-state index contributed by atoms with van der Waals surface area (Å²) in [4.78, 5) is 16.1. The standard InChI is InChI=1S/C18H23NO2S/c20-11-17(22(21)12-16-3-1-2-4-19-16)18-8-13-5-14(9-18)7-15(6-13)10-18/h1-4,11,13-15,17H,5-10,12H2. The van der Waals surface area contributed by atoms with E-state index >= 15 is 0 Å². The molecular formula is C18H23NO2S. The first kappa shape index (κ1) is 14.6. The van der Waals surface area contributed by atoms with Gasteiger partial charge in [-0.05, 0) is 73.8 Å². The highest BCUT2D eigenvalue weighted by Crippen LogP contribution is 2.61. The van der Waals surface area contributed by atoms with E-state index in [1.54, 1.807) is 6.20 Å². The van der Waals surface area contributed by atoms with Crippen molar-refractivity contribution in [1.82, 2.24) is 4.98 Å². The molecule has 0 aromatic carbocycles. The molecular weight excluding hydrogens is 294 g/mol. The van der Waals surface area contributed by atoms with Gasteiger partial charge in [0.2, 0.25) is 0 Å². The lowest BCUT2D eigenvalue weighted by Gasteiger charge is -2.58. The SMILES string of the molecule is O=CC(S(=O)Cc1ccccn1)C12CC3CC(CC(C3)C1)C2. The highest BCUT2D eigenvalue weighted by atomic mass is 32.2. The van der Waals surface area contributed by atoms with Crippen LogP contribution in [0.15, 0.2) is 24.4 Å². The van der Waals surface area contributed by atoms with Gasteiger partial charge in [0, 0.05) is 17.0 Å². The quantitative estimate of drug-likeness (QED) is 0.784. The van der Waals surface area contributed by atoms with Gasteiger partial charge < -0.3 is 4.79 Å². The van der Waals surface area contributed by atoms with Gasteiger partial charge in [-0.1, -0.05) is 6.07 Å². The summed E-state index contributed by atoms with van der Waals surface area (Å²) in [6, 6.07) is 5.68. The van der Waals surface area contributed by atoms with E-state index in [1.807, 2.05) is 18.2 Å². The maximum absolute atomic E-state index is 12.9. The van der Waals surface area contributed by atoms with Gasteiger partial charge in [0.25, 0.3) is 0 Å². The van der Waals surface area contributed by atoms with Gasteiger partial charge >= 0.3 is 0 Å². The van der Waals surface area contributed by atoms with Crippen LogP contribution >= 0.6 is 0 Å². The van der Waals surface area contributed by atoms with E-state index in [2.05, 4.69) is 4.98 Å². The summed E-state index contributed by atoms with van der Waals surface area (Å²) in [5.74, 6) is 2.74. The minimum atomic E-state index is -1.15. The molecule has 4 fully saturated rings. The van der Waals surface area contributed by atoms with Crippen LogP contribution < -0.4 is 0 Å². The summed E-state index contributed by atoms with van der Waals surface area (Å²) in [5, 5.41) is -0.303. The largest absolute Gasteiger partial charge is 0.302 e. The van der Waals surface area contributed by atoms with Gasteiger partial charge in [-0.15, -0.1) is 0 Å². The van der Waals surface area contributed by atoms with Gasteiger partial charge in [-0.25, -0.2) is 0 Å². The molecule has 2 unspecified atom stereocenters. The molecule has 2 atom stereocenters. The van der Waals surface area contributed by atoms with Crippen molar-refractivity contribution in [3.8, 4) is 0 Å². The Kier molecular flexibility index (Phi) is 3.67. The van der Waals surface area contributed by atoms with Crippen molar-refractivity contribution in [3.63, 3.8) is 0 Å². The minimum absolute atomic E-state index is 0.0239. The van der Waals surface area contributed by atoms with Crippen molar-refractivity contribution in [3.05, 3.63) is 30.1 Å². The molecule has 0 amide bonds. The number of aldehydes is 1. The number of carbonyl (C=O) groups excluding carboxylic acids is 1. The second kappa shape index (κ2) is 5.55. The molecule has 0 N–H and O–H groups in total. The molecule has 1 heterocycles. The molecule has 4 aliphatic carbocycles. The monoisotopic (exact) mass is 317 g/mol. The van der Waals surface area contributed by atoms with Crippen LogP contribution in [0.25, 0.3) is 0 Å². The smallest absolute Gasteiger partial charge is 0.136 e. The van der Waals surface area contributed by atoms with Crippen LogP contribution in [0.3, 0.4) is 0 Å². The summed E-state index contributed by atoms with van der Waals surface area (Å²) in [6.07, 6.45) is 10.1. The molecule has 5 rings (SSSR count). The van der Waals surface area contributed by atoms with Gasteiger partial charge in [0.15, 0.2) is 0 Å². The highest BCUT2D eigenvalue weighted by Gasteiger charge is 2.55. The Morgan fingerprint density at radius 2 is 1.82 bits per heavy atom. The van der Waals surface area contributed by atoms with E-state index in [0.29, 0.717) is 5.75 Å². The van der Waals surface area contributed by atoms with Crippen LogP contribution in [-0.4, -0.2) is 20.7 Å². The van der Waals surface area contributed by atoms with Crippen molar-refractivity contribution in [2.75, 3.05) is 0 Å². The molecule has 0 saturated heterocycles. The fourth-order valence-corrected chi connectivity index (χ4v) is 7.34. The molecule has 4 heteroatoms. The molecule has 118 valence electrons. The average molecular weight is 317 g/mol. The number of aromatic nitrogens is 1. The summed E-state index contributed by atoms with van der Waals surface area (Å²) in [5.41, 5.74) is 0.855. The van der Waals surface area contributed by atoms with E-state index in [1.165, 1.54) is 19.3 Å². The van der Waals surface area contributed by atoms with Crippen molar-refractivity contribution in [2.24, 2.45) is 23.2 Å². The molecule has 4 aliphatic rings. The first-order valence-electron chi connectivity index (χ1n) is 8.41. The second-order valence-corrected chi connectivity index (χ2v) is 9.24. The summed E-state index contributed by atoms with van der Waals surface area (Å²) in [6.45, 7) is 0. The van der Waals surface area contributed by atoms with E-state index < -0.39 is 10.8 Å². The maximum atomic E-state index is 12.9. The van der Waals surface area contributed by atoms with E-state index in [4.69, 9.17) is 0 Å². The average Bonchev–Trinajstić information content (AvgIpc) is 2.47. The molecule has 4 bridgehead atoms. The zero-order valence-electron chi connectivity index (χ0n) is 12.8. The van der Waals surface area contributed by atoms with E-state index in [-0.39, 0.29) is 10.7 Å². The Bertz CT molecular complexity index is 551. The maximum Gasteiger partial charge on any atom is 0.136 e. The van der Waals surface area contributed by atoms with Gasteiger partial charge in [0.1, 0.15) is 6.29 Å². The lowest BCUT2D eigenvalue weighted by Crippen LogP contribution is -2.53. The third-order valence-electron chi connectivity index (χ3n) is 6.11. The normalized spacial score (nSPS) is 38.6. The summed E-state index contributed by atoms with van der Waals surface area (Å²) < 4.78 is 12.9. The Morgan fingerprint density at radius 3 is 2.32 bits per heavy atom. The number of nitrogens with zero attached hydrogens (tertiary/aromatic N) is 1. The first-order chi connectivity index (χ1) is 10.7. The third-order valence-corrected chi connectivity index (χ3v) is 7.87. The molecule has 0 aliphatic heterocycles. The summed E-state index contributed by atoms with van der Waals surface area (Å²) in [7, 11) is -1.15. The molecule has 1 aromatic rings. The third kappa shape index (κ3) is 2.45. The van der Waals surface area contributed by atoms with Crippen LogP contribution in [0.4, 0.5) is 0 Å². The van der Waals surface area contributed by atoms with Gasteiger partial charge in [-0.2, -0.15) is 0 Å². The number of pyridine rings is 1. The number of rotatable bonds is 5. The van der Waals surface area contributed by atoms with Crippen molar-refractivity contribution in [1.29, 1.82) is 0 Å². The number of hydrogen-bond acceptors (Lipinski definition) is 3. The predicted octanol–water partition coefficient (Wildman–Crippen LogP) is 3.11. The molecule has 1 aromatic heterocycles. The fourth-order valence-electron chi connectivity index (χ4n) is 5.73.